The van der Waals surface area contributed by atoms with Crippen LogP contribution in [0, 0.1) is 0 Å². The molecule has 0 aromatic heterocycles. The van der Waals surface area contributed by atoms with Gasteiger partial charge in [0.25, 0.3) is 5.91 Å². The Bertz CT molecular complexity index is 693. The summed E-state index contributed by atoms with van der Waals surface area (Å²) in [5.41, 5.74) is 1.98. The SMILES string of the molecule is COC(=O)/C=C1/S/C(=N/N=Cc2ccc(N(C)C)cc2)NC1=O. The number of benzene rings is 1. The van der Waals surface area contributed by atoms with E-state index in [-0.39, 0.29) is 4.91 Å². The van der Waals surface area contributed by atoms with Gasteiger partial charge in [-0.15, -0.1) is 5.10 Å². The molecule has 0 saturated carbocycles. The smallest absolute Gasteiger partial charge is 0.331 e. The first-order valence-electron chi connectivity index (χ1n) is 6.67. The van der Waals surface area contributed by atoms with E-state index in [1.54, 1.807) is 6.21 Å². The fourth-order valence-corrected chi connectivity index (χ4v) is 2.39. The number of rotatable bonds is 4. The van der Waals surface area contributed by atoms with Crippen molar-refractivity contribution in [2.24, 2.45) is 10.2 Å². The fraction of sp³-hybridized carbons (Fsp3) is 0.200. The van der Waals surface area contributed by atoms with Gasteiger partial charge < -0.3 is 9.64 Å². The molecule has 1 fully saturated rings. The molecule has 0 bridgehead atoms. The minimum absolute atomic E-state index is 0.223. The lowest BCUT2D eigenvalue weighted by atomic mass is 10.2. The van der Waals surface area contributed by atoms with Crippen molar-refractivity contribution >= 4 is 40.7 Å². The van der Waals surface area contributed by atoms with Crippen LogP contribution < -0.4 is 10.2 Å². The molecule has 0 radical (unpaired) electrons. The molecule has 0 aliphatic carbocycles. The largest absolute Gasteiger partial charge is 0.466 e. The van der Waals surface area contributed by atoms with Gasteiger partial charge in [-0.05, 0) is 29.5 Å². The standard InChI is InChI=1S/C15H16N4O3S/c1-19(2)11-6-4-10(5-7-11)9-16-18-15-17-14(21)12(23-15)8-13(20)22-3/h4-9H,1-3H3,(H,17,18,21)/b12-8+,16-9?. The van der Waals surface area contributed by atoms with Crippen molar-refractivity contribution in [2.75, 3.05) is 26.1 Å². The molecule has 2 rings (SSSR count). The van der Waals surface area contributed by atoms with Gasteiger partial charge in [0.1, 0.15) is 0 Å². The maximum Gasteiger partial charge on any atom is 0.331 e. The molecule has 1 aromatic carbocycles. The van der Waals surface area contributed by atoms with E-state index in [1.165, 1.54) is 7.11 Å². The summed E-state index contributed by atoms with van der Waals surface area (Å²) in [6, 6.07) is 7.78. The molecule has 0 spiro atoms. The summed E-state index contributed by atoms with van der Waals surface area (Å²) < 4.78 is 4.48. The van der Waals surface area contributed by atoms with E-state index < -0.39 is 11.9 Å². The van der Waals surface area contributed by atoms with Gasteiger partial charge in [0, 0.05) is 25.9 Å². The topological polar surface area (TPSA) is 83.4 Å². The van der Waals surface area contributed by atoms with Crippen LogP contribution in [-0.2, 0) is 14.3 Å². The highest BCUT2D eigenvalue weighted by Crippen LogP contribution is 2.23. The van der Waals surface area contributed by atoms with Crippen molar-refractivity contribution in [1.29, 1.82) is 0 Å². The van der Waals surface area contributed by atoms with Crippen molar-refractivity contribution in [3.8, 4) is 0 Å². The predicted molar refractivity (Wildman–Crippen MR) is 91.6 cm³/mol. The van der Waals surface area contributed by atoms with Crippen LogP contribution in [0.5, 0.6) is 0 Å². The first-order valence-corrected chi connectivity index (χ1v) is 7.48. The molecule has 1 aliphatic rings. The van der Waals surface area contributed by atoms with Crippen LogP contribution in [0.3, 0.4) is 0 Å². The third kappa shape index (κ3) is 4.68. The van der Waals surface area contributed by atoms with Crippen LogP contribution in [-0.4, -0.2) is 44.5 Å². The second-order valence-electron chi connectivity index (χ2n) is 4.72. The molecule has 7 nitrogen and oxygen atoms in total. The monoisotopic (exact) mass is 332 g/mol. The maximum atomic E-state index is 11.6. The minimum Gasteiger partial charge on any atom is -0.466 e. The first-order chi connectivity index (χ1) is 11.0. The molecule has 1 N–H and O–H groups in total. The predicted octanol–water partition coefficient (Wildman–Crippen LogP) is 1.36. The minimum atomic E-state index is -0.589. The molecule has 0 atom stereocenters. The number of anilines is 1. The Morgan fingerprint density at radius 2 is 2.00 bits per heavy atom. The Kier molecular flexibility index (Phi) is 5.53. The average molecular weight is 332 g/mol. The number of carbonyl (C=O) groups excluding carboxylic acids is 2. The van der Waals surface area contributed by atoms with Gasteiger partial charge in [0.15, 0.2) is 5.17 Å². The highest BCUT2D eigenvalue weighted by molar-refractivity contribution is 8.18. The van der Waals surface area contributed by atoms with Crippen LogP contribution in [0.1, 0.15) is 5.56 Å². The zero-order valence-corrected chi connectivity index (χ0v) is 13.8. The van der Waals surface area contributed by atoms with Crippen LogP contribution in [0.4, 0.5) is 5.69 Å². The van der Waals surface area contributed by atoms with Gasteiger partial charge in [-0.25, -0.2) is 4.79 Å². The van der Waals surface area contributed by atoms with E-state index in [2.05, 4.69) is 20.3 Å². The number of ether oxygens (including phenoxy) is 1. The molecule has 23 heavy (non-hydrogen) atoms. The van der Waals surface area contributed by atoms with Crippen LogP contribution in [0.2, 0.25) is 0 Å². The van der Waals surface area contributed by atoms with Gasteiger partial charge in [0.05, 0.1) is 18.2 Å². The second kappa shape index (κ2) is 7.59. The molecule has 8 heteroatoms. The van der Waals surface area contributed by atoms with Gasteiger partial charge in [0.2, 0.25) is 0 Å². The van der Waals surface area contributed by atoms with E-state index in [0.717, 1.165) is 29.1 Å². The number of nitrogens with zero attached hydrogens (tertiary/aromatic N) is 3. The van der Waals surface area contributed by atoms with Gasteiger partial charge >= 0.3 is 5.97 Å². The van der Waals surface area contributed by atoms with Crippen LogP contribution >= 0.6 is 11.8 Å². The van der Waals surface area contributed by atoms with E-state index >= 15 is 0 Å². The Hall–Kier alpha value is -2.61. The fourth-order valence-electron chi connectivity index (χ4n) is 1.65. The van der Waals surface area contributed by atoms with E-state index in [0.29, 0.717) is 5.17 Å². The van der Waals surface area contributed by atoms with Crippen LogP contribution in [0.15, 0.2) is 45.4 Å². The molecule has 1 aliphatic heterocycles. The molecule has 1 saturated heterocycles. The summed E-state index contributed by atoms with van der Waals surface area (Å²) >= 11 is 1.03. The number of hydrogen-bond acceptors (Lipinski definition) is 7. The molecule has 0 unspecified atom stereocenters. The summed E-state index contributed by atoms with van der Waals surface area (Å²) in [7, 11) is 5.18. The summed E-state index contributed by atoms with van der Waals surface area (Å²) in [5, 5.41) is 10.7. The van der Waals surface area contributed by atoms with Crippen LogP contribution in [0.25, 0.3) is 0 Å². The van der Waals surface area contributed by atoms with Gasteiger partial charge in [-0.2, -0.15) is 5.10 Å². The van der Waals surface area contributed by atoms with Crippen molar-refractivity contribution in [1.82, 2.24) is 5.32 Å². The summed E-state index contributed by atoms with van der Waals surface area (Å²) in [4.78, 5) is 25.0. The molecule has 1 heterocycles. The third-order valence-corrected chi connectivity index (χ3v) is 3.77. The second-order valence-corrected chi connectivity index (χ2v) is 5.75. The molecule has 1 aromatic rings. The lowest BCUT2D eigenvalue weighted by Crippen LogP contribution is -2.19. The zero-order chi connectivity index (χ0) is 16.8. The van der Waals surface area contributed by atoms with Crippen molar-refractivity contribution < 1.29 is 14.3 Å². The average Bonchev–Trinajstić information content (AvgIpc) is 2.87. The zero-order valence-electron chi connectivity index (χ0n) is 12.9. The Morgan fingerprint density at radius 1 is 1.30 bits per heavy atom. The molecular weight excluding hydrogens is 316 g/mol. The molecule has 1 amide bonds. The number of methoxy groups -OCH3 is 1. The Labute approximate surface area is 138 Å². The normalized spacial score (nSPS) is 17.8. The van der Waals surface area contributed by atoms with Crippen molar-refractivity contribution in [3.63, 3.8) is 0 Å². The first kappa shape index (κ1) is 16.8. The quantitative estimate of drug-likeness (QED) is 0.390. The Balaban J connectivity index is 2.02. The number of amidine groups is 1. The maximum absolute atomic E-state index is 11.6. The Morgan fingerprint density at radius 3 is 2.61 bits per heavy atom. The van der Waals surface area contributed by atoms with Crippen molar-refractivity contribution in [2.45, 2.75) is 0 Å². The molecule has 120 valence electrons. The lowest BCUT2D eigenvalue weighted by Gasteiger charge is -2.11. The highest BCUT2D eigenvalue weighted by Gasteiger charge is 2.24. The van der Waals surface area contributed by atoms with E-state index in [9.17, 15) is 9.59 Å². The summed E-state index contributed by atoms with van der Waals surface area (Å²) in [5.74, 6) is -0.988. The lowest BCUT2D eigenvalue weighted by molar-refractivity contribution is -0.135. The molecular formula is C15H16N4O3S. The number of carbonyl (C=O) groups is 2. The van der Waals surface area contributed by atoms with E-state index in [1.807, 2.05) is 43.3 Å². The number of nitrogens with one attached hydrogen (secondary N) is 1. The number of hydrogen-bond donors (Lipinski definition) is 1. The van der Waals surface area contributed by atoms with E-state index in [4.69, 9.17) is 0 Å². The third-order valence-electron chi connectivity index (χ3n) is 2.87. The van der Waals surface area contributed by atoms with Gasteiger partial charge in [-0.3, -0.25) is 10.1 Å². The van der Waals surface area contributed by atoms with Crippen molar-refractivity contribution in [3.05, 3.63) is 40.8 Å². The van der Waals surface area contributed by atoms with Gasteiger partial charge in [-0.1, -0.05) is 12.1 Å². The summed E-state index contributed by atoms with van der Waals surface area (Å²) in [6.07, 6.45) is 2.70. The number of amides is 1. The number of thioether (sulfide) groups is 1. The number of esters is 1. The highest BCUT2D eigenvalue weighted by atomic mass is 32.2. The summed E-state index contributed by atoms with van der Waals surface area (Å²) in [6.45, 7) is 0.